The summed E-state index contributed by atoms with van der Waals surface area (Å²) in [6.45, 7) is 0.418. The molecule has 0 saturated carbocycles. The second kappa shape index (κ2) is 8.47. The van der Waals surface area contributed by atoms with E-state index in [4.69, 9.17) is 5.73 Å². The van der Waals surface area contributed by atoms with E-state index < -0.39 is 0 Å². The largest absolute Gasteiger partial charge is 0.346 e. The molecule has 8 heteroatoms. The van der Waals surface area contributed by atoms with Crippen LogP contribution < -0.4 is 11.1 Å². The summed E-state index contributed by atoms with van der Waals surface area (Å²) in [7, 11) is 1.70. The summed E-state index contributed by atoms with van der Waals surface area (Å²) >= 11 is 4.93. The predicted molar refractivity (Wildman–Crippen MR) is 77.8 cm³/mol. The molecule has 2 amide bonds. The first-order chi connectivity index (χ1) is 8.02. The lowest BCUT2D eigenvalue weighted by molar-refractivity contribution is -0.131. The van der Waals surface area contributed by atoms with E-state index in [2.05, 4.69) is 21.2 Å². The van der Waals surface area contributed by atoms with Crippen molar-refractivity contribution >= 4 is 51.5 Å². The van der Waals surface area contributed by atoms with Gasteiger partial charge in [-0.25, -0.2) is 0 Å². The Balaban J connectivity index is 0.00000289. The number of nitrogens with two attached hydrogens (primary N) is 1. The summed E-state index contributed by atoms with van der Waals surface area (Å²) in [5.74, 6) is -0.470. The van der Waals surface area contributed by atoms with Gasteiger partial charge in [-0.3, -0.25) is 9.59 Å². The summed E-state index contributed by atoms with van der Waals surface area (Å²) in [5.41, 5.74) is 5.12. The van der Waals surface area contributed by atoms with E-state index in [0.29, 0.717) is 6.54 Å². The highest BCUT2D eigenvalue weighted by molar-refractivity contribution is 9.10. The predicted octanol–water partition coefficient (Wildman–Crippen LogP) is 0.966. The van der Waals surface area contributed by atoms with Crippen molar-refractivity contribution in [1.82, 2.24) is 10.2 Å². The number of hydrogen-bond donors (Lipinski definition) is 2. The molecule has 0 aliphatic heterocycles. The number of nitrogens with one attached hydrogen (secondary N) is 1. The number of hydrogen-bond acceptors (Lipinski definition) is 4. The maximum Gasteiger partial charge on any atom is 0.242 e. The van der Waals surface area contributed by atoms with Gasteiger partial charge in [0.25, 0.3) is 0 Å². The van der Waals surface area contributed by atoms with Crippen LogP contribution in [0.3, 0.4) is 0 Å². The van der Waals surface area contributed by atoms with Crippen LogP contribution in [-0.4, -0.2) is 36.9 Å². The molecular weight excluding hydrogens is 342 g/mol. The number of amides is 2. The van der Waals surface area contributed by atoms with Crippen molar-refractivity contribution in [2.75, 3.05) is 20.1 Å². The highest BCUT2D eigenvalue weighted by atomic mass is 79.9. The van der Waals surface area contributed by atoms with Gasteiger partial charge in [-0.05, 0) is 22.0 Å². The van der Waals surface area contributed by atoms with E-state index in [1.165, 1.54) is 0 Å². The highest BCUT2D eigenvalue weighted by Crippen LogP contribution is 2.20. The van der Waals surface area contributed by atoms with Crippen molar-refractivity contribution in [3.8, 4) is 0 Å². The lowest BCUT2D eigenvalue weighted by atomic mass is 10.4. The van der Waals surface area contributed by atoms with E-state index in [9.17, 15) is 9.59 Å². The maximum atomic E-state index is 11.6. The molecule has 1 aromatic heterocycles. The molecule has 0 aromatic carbocycles. The monoisotopic (exact) mass is 355 g/mol. The SMILES string of the molecule is CN(Cc1cc(Br)cs1)C(=O)CNC(=O)CN.Cl. The third-order valence-electron chi connectivity index (χ3n) is 2.06. The van der Waals surface area contributed by atoms with Gasteiger partial charge in [0.1, 0.15) is 0 Å². The average Bonchev–Trinajstić information content (AvgIpc) is 2.70. The molecule has 102 valence electrons. The summed E-state index contributed by atoms with van der Waals surface area (Å²) in [5, 5.41) is 4.41. The van der Waals surface area contributed by atoms with Crippen molar-refractivity contribution in [2.24, 2.45) is 5.73 Å². The normalized spacial score (nSPS) is 9.50. The van der Waals surface area contributed by atoms with Crippen LogP contribution in [0.5, 0.6) is 0 Å². The van der Waals surface area contributed by atoms with Gasteiger partial charge in [0.05, 0.1) is 19.6 Å². The maximum absolute atomic E-state index is 11.6. The minimum Gasteiger partial charge on any atom is -0.346 e. The van der Waals surface area contributed by atoms with E-state index >= 15 is 0 Å². The van der Waals surface area contributed by atoms with E-state index in [1.54, 1.807) is 23.3 Å². The molecule has 0 aliphatic rings. The summed E-state index contributed by atoms with van der Waals surface area (Å²) in [6.07, 6.45) is 0. The molecule has 0 bridgehead atoms. The third kappa shape index (κ3) is 5.81. The van der Waals surface area contributed by atoms with Crippen LogP contribution in [-0.2, 0) is 16.1 Å². The highest BCUT2D eigenvalue weighted by Gasteiger charge is 2.11. The lowest BCUT2D eigenvalue weighted by Gasteiger charge is -2.16. The van der Waals surface area contributed by atoms with Gasteiger partial charge in [0, 0.05) is 21.8 Å². The lowest BCUT2D eigenvalue weighted by Crippen LogP contribution is -2.39. The van der Waals surface area contributed by atoms with Gasteiger partial charge < -0.3 is 16.0 Å². The number of rotatable bonds is 5. The van der Waals surface area contributed by atoms with Crippen molar-refractivity contribution in [3.05, 3.63) is 20.8 Å². The zero-order valence-electron chi connectivity index (χ0n) is 9.81. The average molecular weight is 357 g/mol. The molecule has 1 heterocycles. The van der Waals surface area contributed by atoms with Crippen LogP contribution in [0.4, 0.5) is 0 Å². The van der Waals surface area contributed by atoms with Crippen LogP contribution in [0.25, 0.3) is 0 Å². The van der Waals surface area contributed by atoms with Gasteiger partial charge >= 0.3 is 0 Å². The van der Waals surface area contributed by atoms with Crippen LogP contribution in [0, 0.1) is 0 Å². The van der Waals surface area contributed by atoms with Crippen molar-refractivity contribution in [3.63, 3.8) is 0 Å². The van der Waals surface area contributed by atoms with E-state index in [-0.39, 0.29) is 37.3 Å². The number of thiophene rings is 1. The Bertz CT molecular complexity index is 414. The summed E-state index contributed by atoms with van der Waals surface area (Å²) < 4.78 is 1.01. The van der Waals surface area contributed by atoms with Gasteiger partial charge in [-0.15, -0.1) is 23.7 Å². The minimum absolute atomic E-state index is 0. The van der Waals surface area contributed by atoms with Crippen molar-refractivity contribution < 1.29 is 9.59 Å². The Morgan fingerprint density at radius 3 is 2.72 bits per heavy atom. The molecule has 0 saturated heterocycles. The number of carbonyl (C=O) groups excluding carboxylic acids is 2. The quantitative estimate of drug-likeness (QED) is 0.825. The zero-order chi connectivity index (χ0) is 12.8. The Morgan fingerprint density at radius 2 is 2.22 bits per heavy atom. The number of carbonyl (C=O) groups is 2. The number of nitrogens with zero attached hydrogens (tertiary/aromatic N) is 1. The fourth-order valence-corrected chi connectivity index (χ4v) is 2.64. The molecule has 0 spiro atoms. The number of likely N-dealkylation sites (N-methyl/N-ethyl adjacent to an activating group) is 1. The van der Waals surface area contributed by atoms with Gasteiger partial charge in [-0.2, -0.15) is 0 Å². The molecule has 0 radical (unpaired) electrons. The molecule has 5 nitrogen and oxygen atoms in total. The van der Waals surface area contributed by atoms with Gasteiger partial charge in [0.15, 0.2) is 0 Å². The third-order valence-corrected chi connectivity index (χ3v) is 3.75. The van der Waals surface area contributed by atoms with E-state index in [0.717, 1.165) is 9.35 Å². The van der Waals surface area contributed by atoms with E-state index in [1.807, 2.05) is 11.4 Å². The Labute approximate surface area is 124 Å². The van der Waals surface area contributed by atoms with Crippen LogP contribution in [0.1, 0.15) is 4.88 Å². The number of halogens is 2. The molecule has 0 unspecified atom stereocenters. The Kier molecular flexibility index (Phi) is 8.17. The molecule has 1 aromatic rings. The first-order valence-corrected chi connectivity index (χ1v) is 6.64. The Morgan fingerprint density at radius 1 is 1.56 bits per heavy atom. The van der Waals surface area contributed by atoms with Gasteiger partial charge in [0.2, 0.25) is 11.8 Å². The second-order valence-corrected chi connectivity index (χ2v) is 5.37. The fourth-order valence-electron chi connectivity index (χ4n) is 1.14. The van der Waals surface area contributed by atoms with Crippen molar-refractivity contribution in [1.29, 1.82) is 0 Å². The molecule has 0 atom stereocenters. The first kappa shape index (κ1) is 17.4. The minimum atomic E-state index is -0.328. The van der Waals surface area contributed by atoms with Gasteiger partial charge in [-0.1, -0.05) is 0 Å². The molecule has 0 fully saturated rings. The second-order valence-electron chi connectivity index (χ2n) is 3.46. The molecule has 1 rings (SSSR count). The topological polar surface area (TPSA) is 75.4 Å². The molecule has 3 N–H and O–H groups in total. The zero-order valence-corrected chi connectivity index (χ0v) is 13.0. The summed E-state index contributed by atoms with van der Waals surface area (Å²) in [6, 6.07) is 1.97. The fraction of sp³-hybridized carbons (Fsp3) is 0.400. The Hall–Kier alpha value is -0.630. The smallest absolute Gasteiger partial charge is 0.242 e. The van der Waals surface area contributed by atoms with Crippen LogP contribution >= 0.6 is 39.7 Å². The molecule has 0 aliphatic carbocycles. The van der Waals surface area contributed by atoms with Crippen molar-refractivity contribution in [2.45, 2.75) is 6.54 Å². The first-order valence-electron chi connectivity index (χ1n) is 4.96. The van der Waals surface area contributed by atoms with Crippen LogP contribution in [0.2, 0.25) is 0 Å². The van der Waals surface area contributed by atoms with Crippen LogP contribution in [0.15, 0.2) is 15.9 Å². The molecule has 18 heavy (non-hydrogen) atoms. The standard InChI is InChI=1S/C10H14BrN3O2S.ClH/c1-14(5-8-2-7(11)6-17-8)10(16)4-13-9(15)3-12;/h2,6H,3-5,12H2,1H3,(H,13,15);1H. The summed E-state index contributed by atoms with van der Waals surface area (Å²) in [4.78, 5) is 25.2. The molecular formula is C10H15BrClN3O2S.